The molecule has 6 heteroatoms. The first-order valence-corrected chi connectivity index (χ1v) is 18.5. The molecule has 1 N–H and O–H groups in total. The summed E-state index contributed by atoms with van der Waals surface area (Å²) in [6.45, 7) is 6.41. The zero-order valence-corrected chi connectivity index (χ0v) is 29.7. The highest BCUT2D eigenvalue weighted by Crippen LogP contribution is 2.14. The van der Waals surface area contributed by atoms with E-state index in [4.69, 9.17) is 9.47 Å². The number of carbonyl (C=O) groups is 3. The quantitative estimate of drug-likeness (QED) is 0.0258. The van der Waals surface area contributed by atoms with Crippen molar-refractivity contribution in [2.45, 2.75) is 168 Å². The number of carbonyl (C=O) groups excluding carboxylic acids is 3. The normalized spacial score (nSPS) is 12.7. The summed E-state index contributed by atoms with van der Waals surface area (Å²) in [5.41, 5.74) is 0. The van der Waals surface area contributed by atoms with Gasteiger partial charge in [-0.05, 0) is 50.5 Å². The zero-order valence-electron chi connectivity index (χ0n) is 29.7. The minimum Gasteiger partial charge on any atom is -0.463 e. The molecular formula is C40H68O6. The van der Waals surface area contributed by atoms with Crippen LogP contribution in [-0.2, 0) is 23.9 Å². The first-order chi connectivity index (χ1) is 22.3. The molecule has 6 nitrogen and oxygen atoms in total. The molecule has 0 amide bonds. The second-order valence-electron chi connectivity index (χ2n) is 12.9. The third kappa shape index (κ3) is 34.4. The van der Waals surface area contributed by atoms with Crippen molar-refractivity contribution in [1.29, 1.82) is 0 Å². The summed E-state index contributed by atoms with van der Waals surface area (Å²) in [6, 6.07) is 0. The second kappa shape index (κ2) is 33.9. The van der Waals surface area contributed by atoms with Crippen LogP contribution in [0.2, 0.25) is 0 Å². The Labute approximate surface area is 282 Å². The van der Waals surface area contributed by atoms with E-state index in [1.54, 1.807) is 6.08 Å². The third-order valence-corrected chi connectivity index (χ3v) is 7.72. The van der Waals surface area contributed by atoms with E-state index in [0.29, 0.717) is 19.3 Å². The number of ketones is 1. The monoisotopic (exact) mass is 645 g/mol. The molecule has 0 spiro atoms. The molecule has 1 atom stereocenters. The van der Waals surface area contributed by atoms with Gasteiger partial charge in [0.15, 0.2) is 5.78 Å². The van der Waals surface area contributed by atoms with Gasteiger partial charge in [-0.25, -0.2) is 0 Å². The van der Waals surface area contributed by atoms with Crippen LogP contribution in [0.25, 0.3) is 0 Å². The number of allylic oxidation sites excluding steroid dienone is 8. The molecule has 0 aromatic heterocycles. The smallest absolute Gasteiger partial charge is 0.305 e. The Kier molecular flexibility index (Phi) is 32.1. The van der Waals surface area contributed by atoms with Crippen LogP contribution < -0.4 is 0 Å². The average Bonchev–Trinajstić information content (AvgIpc) is 3.03. The maximum absolute atomic E-state index is 11.9. The van der Waals surface area contributed by atoms with Gasteiger partial charge in [0.1, 0.15) is 19.3 Å². The maximum Gasteiger partial charge on any atom is 0.305 e. The fourth-order valence-electron chi connectivity index (χ4n) is 4.86. The predicted octanol–water partition coefficient (Wildman–Crippen LogP) is 10.5. The van der Waals surface area contributed by atoms with Gasteiger partial charge < -0.3 is 14.6 Å². The molecule has 264 valence electrons. The van der Waals surface area contributed by atoms with Gasteiger partial charge in [-0.1, -0.05) is 147 Å². The Morgan fingerprint density at radius 3 is 1.67 bits per heavy atom. The van der Waals surface area contributed by atoms with Crippen molar-refractivity contribution in [3.63, 3.8) is 0 Å². The van der Waals surface area contributed by atoms with E-state index < -0.39 is 6.10 Å². The van der Waals surface area contributed by atoms with Crippen molar-refractivity contribution in [3.05, 3.63) is 48.6 Å². The van der Waals surface area contributed by atoms with E-state index in [9.17, 15) is 19.5 Å². The summed E-state index contributed by atoms with van der Waals surface area (Å²) in [5.74, 6) is 0.351. The van der Waals surface area contributed by atoms with Crippen molar-refractivity contribution >= 4 is 17.7 Å². The summed E-state index contributed by atoms with van der Waals surface area (Å²) < 4.78 is 10.2. The molecular weight excluding hydrogens is 576 g/mol. The summed E-state index contributed by atoms with van der Waals surface area (Å²) in [7, 11) is 0. The number of aliphatic hydroxyl groups excluding tert-OH is 1. The van der Waals surface area contributed by atoms with Crippen molar-refractivity contribution < 1.29 is 29.0 Å². The molecule has 0 saturated carbocycles. The lowest BCUT2D eigenvalue weighted by Crippen LogP contribution is -2.25. The molecule has 0 aromatic carbocycles. The van der Waals surface area contributed by atoms with E-state index in [2.05, 4.69) is 39.0 Å². The lowest BCUT2D eigenvalue weighted by molar-refractivity contribution is -0.152. The highest BCUT2D eigenvalue weighted by Gasteiger charge is 2.12. The minimum atomic E-state index is -1.00. The summed E-state index contributed by atoms with van der Waals surface area (Å²) >= 11 is 0. The molecule has 0 aliphatic carbocycles. The maximum atomic E-state index is 11.9. The van der Waals surface area contributed by atoms with E-state index in [0.717, 1.165) is 63.7 Å². The molecule has 0 aliphatic rings. The molecule has 0 unspecified atom stereocenters. The van der Waals surface area contributed by atoms with Gasteiger partial charge in [0.05, 0.1) is 0 Å². The van der Waals surface area contributed by atoms with Gasteiger partial charge in [0.25, 0.3) is 0 Å². The Hall–Kier alpha value is -2.47. The largest absolute Gasteiger partial charge is 0.463 e. The van der Waals surface area contributed by atoms with Crippen molar-refractivity contribution in [2.75, 3.05) is 13.2 Å². The average molecular weight is 645 g/mol. The molecule has 0 saturated heterocycles. The summed E-state index contributed by atoms with van der Waals surface area (Å²) in [5, 5.41) is 9.98. The van der Waals surface area contributed by atoms with E-state index >= 15 is 0 Å². The SMILES string of the molecule is CCCCCC(=O)/C=C/C=C\C/C=C\C/C=C\CCCC(=O)OC[C@H](O)COC(=O)CCCCCCCCCCCCCC(C)C. The fraction of sp³-hybridized carbons (Fsp3) is 0.725. The van der Waals surface area contributed by atoms with Crippen LogP contribution in [0.1, 0.15) is 162 Å². The number of hydrogen-bond acceptors (Lipinski definition) is 6. The van der Waals surface area contributed by atoms with Crippen molar-refractivity contribution in [3.8, 4) is 0 Å². The molecule has 0 radical (unpaired) electrons. The van der Waals surface area contributed by atoms with Crippen LogP contribution in [0.15, 0.2) is 48.6 Å². The van der Waals surface area contributed by atoms with Gasteiger partial charge in [0, 0.05) is 19.3 Å². The topological polar surface area (TPSA) is 89.9 Å². The molecule has 0 rings (SSSR count). The molecule has 46 heavy (non-hydrogen) atoms. The Morgan fingerprint density at radius 1 is 0.587 bits per heavy atom. The Balaban J connectivity index is 3.60. The van der Waals surface area contributed by atoms with Crippen molar-refractivity contribution in [1.82, 2.24) is 0 Å². The first-order valence-electron chi connectivity index (χ1n) is 18.5. The fourth-order valence-corrected chi connectivity index (χ4v) is 4.86. The Morgan fingerprint density at radius 2 is 1.09 bits per heavy atom. The van der Waals surface area contributed by atoms with E-state index in [-0.39, 0.29) is 37.4 Å². The van der Waals surface area contributed by atoms with Crippen LogP contribution in [0.3, 0.4) is 0 Å². The van der Waals surface area contributed by atoms with E-state index in [1.165, 1.54) is 57.8 Å². The van der Waals surface area contributed by atoms with Gasteiger partial charge in [-0.2, -0.15) is 0 Å². The minimum absolute atomic E-state index is 0.148. The predicted molar refractivity (Wildman–Crippen MR) is 192 cm³/mol. The van der Waals surface area contributed by atoms with Gasteiger partial charge >= 0.3 is 11.9 Å². The molecule has 0 aromatic rings. The molecule has 0 fully saturated rings. The summed E-state index contributed by atoms with van der Waals surface area (Å²) in [4.78, 5) is 35.5. The number of hydrogen-bond donors (Lipinski definition) is 1. The molecule has 0 bridgehead atoms. The highest BCUT2D eigenvalue weighted by molar-refractivity contribution is 5.89. The summed E-state index contributed by atoms with van der Waals surface area (Å²) in [6.07, 6.45) is 37.2. The first kappa shape index (κ1) is 43.5. The lowest BCUT2D eigenvalue weighted by atomic mass is 10.0. The number of esters is 2. The number of unbranched alkanes of at least 4 members (excludes halogenated alkanes) is 13. The van der Waals surface area contributed by atoms with Crippen LogP contribution in [0.5, 0.6) is 0 Å². The van der Waals surface area contributed by atoms with Gasteiger partial charge in [-0.15, -0.1) is 0 Å². The van der Waals surface area contributed by atoms with Crippen LogP contribution in [-0.4, -0.2) is 42.1 Å². The van der Waals surface area contributed by atoms with Crippen LogP contribution >= 0.6 is 0 Å². The second-order valence-corrected chi connectivity index (χ2v) is 12.9. The standard InChI is InChI=1S/C40H68O6/c1-4-5-24-30-37(41)31-26-21-17-13-9-7-11-15-19-23-28-33-40(44)46-35-38(42)34-45-39(43)32-27-22-18-14-10-6-8-12-16-20-25-29-36(2)3/h7,9,15,17,19,21,26,31,36,38,42H,4-6,8,10-14,16,18,20,22-25,27-30,32-35H2,1-3H3/b9-7-,19-15-,21-17-,31-26+/t38-/m1/s1. The number of aliphatic hydroxyl groups is 1. The lowest BCUT2D eigenvalue weighted by Gasteiger charge is -2.12. The van der Waals surface area contributed by atoms with Crippen LogP contribution in [0.4, 0.5) is 0 Å². The van der Waals surface area contributed by atoms with Gasteiger partial charge in [-0.3, -0.25) is 14.4 Å². The molecule has 0 aliphatic heterocycles. The van der Waals surface area contributed by atoms with Crippen molar-refractivity contribution in [2.24, 2.45) is 5.92 Å². The zero-order chi connectivity index (χ0) is 33.9. The third-order valence-electron chi connectivity index (χ3n) is 7.72. The highest BCUT2D eigenvalue weighted by atomic mass is 16.6. The van der Waals surface area contributed by atoms with E-state index in [1.807, 2.05) is 24.3 Å². The Bertz CT molecular complexity index is 854. The van der Waals surface area contributed by atoms with Crippen LogP contribution in [0, 0.1) is 5.92 Å². The number of rotatable bonds is 32. The number of ether oxygens (including phenoxy) is 2. The van der Waals surface area contributed by atoms with Gasteiger partial charge in [0.2, 0.25) is 0 Å². The molecule has 0 heterocycles.